The van der Waals surface area contributed by atoms with E-state index in [1.165, 1.54) is 5.56 Å². The van der Waals surface area contributed by atoms with E-state index in [0.29, 0.717) is 0 Å². The largest absolute Gasteiger partial charge is 0.496 e. The summed E-state index contributed by atoms with van der Waals surface area (Å²) in [5.74, 6) is 1.96. The van der Waals surface area contributed by atoms with Crippen molar-refractivity contribution in [2.45, 2.75) is 33.4 Å². The van der Waals surface area contributed by atoms with Crippen molar-refractivity contribution in [2.75, 3.05) is 13.7 Å². The molecule has 1 aromatic heterocycles. The van der Waals surface area contributed by atoms with E-state index in [0.717, 1.165) is 30.2 Å². The molecule has 1 N–H and O–H groups in total. The number of nitrogens with zero attached hydrogens (tertiary/aromatic N) is 2. The first-order valence-electron chi connectivity index (χ1n) is 7.10. The van der Waals surface area contributed by atoms with Gasteiger partial charge in [0.1, 0.15) is 11.6 Å². The molecule has 0 spiro atoms. The highest BCUT2D eigenvalue weighted by Crippen LogP contribution is 2.26. The molecule has 0 bridgehead atoms. The topological polar surface area (TPSA) is 39.1 Å². The number of hydrogen-bond donors (Lipinski definition) is 1. The second-order valence-corrected chi connectivity index (χ2v) is 4.79. The Morgan fingerprint density at radius 3 is 2.80 bits per heavy atom. The van der Waals surface area contributed by atoms with Gasteiger partial charge >= 0.3 is 0 Å². The van der Waals surface area contributed by atoms with Crippen LogP contribution in [0.5, 0.6) is 5.75 Å². The zero-order chi connectivity index (χ0) is 14.5. The maximum absolute atomic E-state index is 5.43. The molecule has 108 valence electrons. The van der Waals surface area contributed by atoms with Crippen molar-refractivity contribution in [3.05, 3.63) is 47.5 Å². The lowest BCUT2D eigenvalue weighted by atomic mass is 10.0. The molecule has 0 saturated heterocycles. The minimum Gasteiger partial charge on any atom is -0.496 e. The summed E-state index contributed by atoms with van der Waals surface area (Å²) in [6.45, 7) is 8.09. The van der Waals surface area contributed by atoms with Crippen molar-refractivity contribution in [3.8, 4) is 5.75 Å². The van der Waals surface area contributed by atoms with E-state index in [9.17, 15) is 0 Å². The van der Waals surface area contributed by atoms with Gasteiger partial charge in [0.05, 0.1) is 13.2 Å². The second kappa shape index (κ2) is 6.57. The summed E-state index contributed by atoms with van der Waals surface area (Å²) in [7, 11) is 1.71. The third-order valence-corrected chi connectivity index (χ3v) is 3.52. The van der Waals surface area contributed by atoms with Crippen molar-refractivity contribution in [2.24, 2.45) is 0 Å². The minimum absolute atomic E-state index is 0.0875. The van der Waals surface area contributed by atoms with Gasteiger partial charge in [-0.1, -0.05) is 19.1 Å². The fraction of sp³-hybridized carbons (Fsp3) is 0.438. The van der Waals surface area contributed by atoms with Crippen LogP contribution in [0.3, 0.4) is 0 Å². The molecule has 0 radical (unpaired) electrons. The average Bonchev–Trinajstić information content (AvgIpc) is 2.93. The molecular weight excluding hydrogens is 250 g/mol. The lowest BCUT2D eigenvalue weighted by Gasteiger charge is -2.20. The number of aryl methyl sites for hydroxylation is 2. The molecule has 4 heteroatoms. The SMILES string of the molecule is CCNC(c1ccc(C)c(OC)c1)c1nccn1CC. The van der Waals surface area contributed by atoms with Gasteiger partial charge in [-0.15, -0.1) is 0 Å². The quantitative estimate of drug-likeness (QED) is 0.879. The van der Waals surface area contributed by atoms with Crippen LogP contribution in [-0.2, 0) is 6.54 Å². The van der Waals surface area contributed by atoms with Crippen LogP contribution in [0.2, 0.25) is 0 Å². The Hall–Kier alpha value is -1.81. The van der Waals surface area contributed by atoms with Crippen LogP contribution in [-0.4, -0.2) is 23.2 Å². The van der Waals surface area contributed by atoms with E-state index >= 15 is 0 Å². The summed E-state index contributed by atoms with van der Waals surface area (Å²) in [5, 5.41) is 3.51. The molecule has 0 aliphatic heterocycles. The molecule has 2 aromatic rings. The maximum atomic E-state index is 5.43. The standard InChI is InChI=1S/C16H23N3O/c1-5-17-15(16-18-9-10-19(16)6-2)13-8-7-12(3)14(11-13)20-4/h7-11,15,17H,5-6H2,1-4H3. The molecule has 0 aliphatic carbocycles. The lowest BCUT2D eigenvalue weighted by molar-refractivity contribution is 0.410. The van der Waals surface area contributed by atoms with Gasteiger partial charge in [0.25, 0.3) is 0 Å². The Morgan fingerprint density at radius 1 is 1.35 bits per heavy atom. The van der Waals surface area contributed by atoms with E-state index in [4.69, 9.17) is 4.74 Å². The molecule has 2 rings (SSSR count). The van der Waals surface area contributed by atoms with Crippen LogP contribution in [0.15, 0.2) is 30.6 Å². The van der Waals surface area contributed by atoms with Crippen molar-refractivity contribution < 1.29 is 4.74 Å². The number of imidazole rings is 1. The lowest BCUT2D eigenvalue weighted by Crippen LogP contribution is -2.25. The number of nitrogens with one attached hydrogen (secondary N) is 1. The maximum Gasteiger partial charge on any atom is 0.130 e. The summed E-state index contributed by atoms with van der Waals surface area (Å²) in [6, 6.07) is 6.42. The average molecular weight is 273 g/mol. The van der Waals surface area contributed by atoms with E-state index in [2.05, 4.69) is 53.8 Å². The van der Waals surface area contributed by atoms with Crippen LogP contribution in [0.1, 0.15) is 36.8 Å². The van der Waals surface area contributed by atoms with Gasteiger partial charge < -0.3 is 14.6 Å². The Labute approximate surface area is 120 Å². The predicted octanol–water partition coefficient (Wildman–Crippen LogP) is 2.92. The monoisotopic (exact) mass is 273 g/mol. The fourth-order valence-corrected chi connectivity index (χ4v) is 2.43. The van der Waals surface area contributed by atoms with Gasteiger partial charge in [0.15, 0.2) is 0 Å². The van der Waals surface area contributed by atoms with Crippen molar-refractivity contribution >= 4 is 0 Å². The Morgan fingerprint density at radius 2 is 2.15 bits per heavy atom. The number of benzene rings is 1. The van der Waals surface area contributed by atoms with Crippen LogP contribution < -0.4 is 10.1 Å². The molecule has 1 aromatic carbocycles. The van der Waals surface area contributed by atoms with E-state index in [-0.39, 0.29) is 6.04 Å². The smallest absolute Gasteiger partial charge is 0.130 e. The van der Waals surface area contributed by atoms with Gasteiger partial charge in [-0.2, -0.15) is 0 Å². The molecule has 0 saturated carbocycles. The Kier molecular flexibility index (Phi) is 4.79. The summed E-state index contributed by atoms with van der Waals surface area (Å²) in [4.78, 5) is 4.52. The van der Waals surface area contributed by atoms with Crippen LogP contribution in [0.4, 0.5) is 0 Å². The molecule has 0 fully saturated rings. The number of methoxy groups -OCH3 is 1. The van der Waals surface area contributed by atoms with Crippen LogP contribution in [0.25, 0.3) is 0 Å². The molecule has 0 aliphatic rings. The number of hydrogen-bond acceptors (Lipinski definition) is 3. The van der Waals surface area contributed by atoms with Crippen molar-refractivity contribution in [1.29, 1.82) is 0 Å². The number of ether oxygens (including phenoxy) is 1. The van der Waals surface area contributed by atoms with Crippen LogP contribution in [0, 0.1) is 6.92 Å². The van der Waals surface area contributed by atoms with Gasteiger partial charge in [0, 0.05) is 18.9 Å². The van der Waals surface area contributed by atoms with E-state index in [1.54, 1.807) is 7.11 Å². The first-order chi connectivity index (χ1) is 9.71. The molecule has 4 nitrogen and oxygen atoms in total. The summed E-state index contributed by atoms with van der Waals surface area (Å²) < 4.78 is 7.60. The zero-order valence-corrected chi connectivity index (χ0v) is 12.7. The van der Waals surface area contributed by atoms with E-state index in [1.807, 2.05) is 12.4 Å². The Balaban J connectivity index is 2.43. The first kappa shape index (κ1) is 14.6. The van der Waals surface area contributed by atoms with Gasteiger partial charge in [0.2, 0.25) is 0 Å². The summed E-state index contributed by atoms with van der Waals surface area (Å²) in [5.41, 5.74) is 2.32. The second-order valence-electron chi connectivity index (χ2n) is 4.79. The first-order valence-corrected chi connectivity index (χ1v) is 7.10. The van der Waals surface area contributed by atoms with Gasteiger partial charge in [-0.3, -0.25) is 0 Å². The summed E-state index contributed by atoms with van der Waals surface area (Å²) >= 11 is 0. The fourth-order valence-electron chi connectivity index (χ4n) is 2.43. The minimum atomic E-state index is 0.0875. The van der Waals surface area contributed by atoms with E-state index < -0.39 is 0 Å². The van der Waals surface area contributed by atoms with Gasteiger partial charge in [-0.25, -0.2) is 4.98 Å². The molecule has 1 atom stereocenters. The highest BCUT2D eigenvalue weighted by molar-refractivity contribution is 5.39. The molecule has 0 amide bonds. The van der Waals surface area contributed by atoms with Gasteiger partial charge in [-0.05, 0) is 37.6 Å². The summed E-state index contributed by atoms with van der Waals surface area (Å²) in [6.07, 6.45) is 3.87. The van der Waals surface area contributed by atoms with Crippen molar-refractivity contribution in [1.82, 2.24) is 14.9 Å². The van der Waals surface area contributed by atoms with Crippen LogP contribution >= 0.6 is 0 Å². The number of rotatable bonds is 6. The Bertz CT molecular complexity index is 563. The molecule has 20 heavy (non-hydrogen) atoms. The predicted molar refractivity (Wildman–Crippen MR) is 81.2 cm³/mol. The zero-order valence-electron chi connectivity index (χ0n) is 12.7. The van der Waals surface area contributed by atoms with Crippen molar-refractivity contribution in [3.63, 3.8) is 0 Å². The molecular formula is C16H23N3O. The molecule has 1 unspecified atom stereocenters. The third-order valence-electron chi connectivity index (χ3n) is 3.52. The number of aromatic nitrogens is 2. The highest BCUT2D eigenvalue weighted by atomic mass is 16.5. The normalized spacial score (nSPS) is 12.4. The molecule has 1 heterocycles. The third kappa shape index (κ3) is 2.85. The highest BCUT2D eigenvalue weighted by Gasteiger charge is 2.18.